The minimum absolute atomic E-state index is 0.182. The Morgan fingerprint density at radius 3 is 2.68 bits per heavy atom. The number of nitrogens with one attached hydrogen (secondary N) is 1. The standard InChI is InChI=1S/C19H17F2N5OS/c1-11(18(27)23-16-10-13(20)2-5-15(16)21)28-19-25-24-17(26(19)14-3-4-14)12-6-8-22-9-7-12/h2,5-11,14H,3-4H2,1H3,(H,23,27)/t11-/m0/s1. The van der Waals surface area contributed by atoms with E-state index in [0.29, 0.717) is 11.2 Å². The Bertz CT molecular complexity index is 1010. The third-order valence-corrected chi connectivity index (χ3v) is 5.41. The monoisotopic (exact) mass is 401 g/mol. The van der Waals surface area contributed by atoms with Crippen LogP contribution < -0.4 is 5.32 Å². The molecule has 2 aromatic heterocycles. The van der Waals surface area contributed by atoms with Gasteiger partial charge < -0.3 is 5.32 Å². The molecular weight excluding hydrogens is 384 g/mol. The maximum absolute atomic E-state index is 13.8. The number of carbonyl (C=O) groups excluding carboxylic acids is 1. The van der Waals surface area contributed by atoms with E-state index in [1.165, 1.54) is 11.8 Å². The number of pyridine rings is 1. The van der Waals surface area contributed by atoms with E-state index < -0.39 is 22.8 Å². The van der Waals surface area contributed by atoms with E-state index in [1.54, 1.807) is 19.3 Å². The second-order valence-electron chi connectivity index (χ2n) is 6.52. The fraction of sp³-hybridized carbons (Fsp3) is 0.263. The predicted molar refractivity (Wildman–Crippen MR) is 102 cm³/mol. The van der Waals surface area contributed by atoms with Crippen molar-refractivity contribution in [2.24, 2.45) is 0 Å². The van der Waals surface area contributed by atoms with Crippen molar-refractivity contribution in [1.29, 1.82) is 0 Å². The molecule has 1 fully saturated rings. The van der Waals surface area contributed by atoms with Gasteiger partial charge in [0.05, 0.1) is 10.9 Å². The molecule has 1 aliphatic rings. The van der Waals surface area contributed by atoms with Crippen LogP contribution in [-0.4, -0.2) is 30.9 Å². The van der Waals surface area contributed by atoms with Crippen molar-refractivity contribution in [3.05, 3.63) is 54.4 Å². The molecule has 0 spiro atoms. The molecule has 1 aliphatic carbocycles. The zero-order valence-electron chi connectivity index (χ0n) is 15.0. The first-order valence-electron chi connectivity index (χ1n) is 8.81. The molecule has 1 aromatic carbocycles. The molecule has 1 N–H and O–H groups in total. The van der Waals surface area contributed by atoms with E-state index in [2.05, 4.69) is 20.5 Å². The smallest absolute Gasteiger partial charge is 0.237 e. The van der Waals surface area contributed by atoms with E-state index in [4.69, 9.17) is 0 Å². The van der Waals surface area contributed by atoms with Gasteiger partial charge in [0.2, 0.25) is 5.91 Å². The number of rotatable bonds is 6. The van der Waals surface area contributed by atoms with E-state index in [9.17, 15) is 13.6 Å². The molecule has 1 saturated carbocycles. The minimum Gasteiger partial charge on any atom is -0.323 e. The van der Waals surface area contributed by atoms with Gasteiger partial charge in [0.25, 0.3) is 0 Å². The van der Waals surface area contributed by atoms with Crippen molar-refractivity contribution < 1.29 is 13.6 Å². The Kier molecular flexibility index (Phi) is 5.08. The molecule has 0 radical (unpaired) electrons. The second kappa shape index (κ2) is 7.67. The fourth-order valence-corrected chi connectivity index (χ4v) is 3.68. The van der Waals surface area contributed by atoms with E-state index in [1.807, 2.05) is 16.7 Å². The lowest BCUT2D eigenvalue weighted by atomic mass is 10.2. The van der Waals surface area contributed by atoms with Crippen LogP contribution >= 0.6 is 11.8 Å². The largest absolute Gasteiger partial charge is 0.323 e. The highest BCUT2D eigenvalue weighted by molar-refractivity contribution is 8.00. The van der Waals surface area contributed by atoms with Gasteiger partial charge in [-0.1, -0.05) is 11.8 Å². The van der Waals surface area contributed by atoms with Crippen molar-refractivity contribution in [3.8, 4) is 11.4 Å². The molecule has 1 atom stereocenters. The van der Waals surface area contributed by atoms with Crippen LogP contribution in [-0.2, 0) is 4.79 Å². The SMILES string of the molecule is C[C@H](Sc1nnc(-c2ccncc2)n1C1CC1)C(=O)Nc1cc(F)ccc1F. The van der Waals surface area contributed by atoms with Crippen molar-refractivity contribution in [2.75, 3.05) is 5.32 Å². The molecule has 0 aliphatic heterocycles. The predicted octanol–water partition coefficient (Wildman–Crippen LogP) is 4.07. The number of aromatic nitrogens is 4. The highest BCUT2D eigenvalue weighted by atomic mass is 32.2. The van der Waals surface area contributed by atoms with Gasteiger partial charge in [0, 0.05) is 30.1 Å². The first-order chi connectivity index (χ1) is 13.5. The van der Waals surface area contributed by atoms with Crippen LogP contribution in [0.5, 0.6) is 0 Å². The fourth-order valence-electron chi connectivity index (χ4n) is 2.76. The Morgan fingerprint density at radius 1 is 1.21 bits per heavy atom. The number of nitrogens with zero attached hydrogens (tertiary/aromatic N) is 4. The van der Waals surface area contributed by atoms with Crippen LogP contribution in [0.1, 0.15) is 25.8 Å². The van der Waals surface area contributed by atoms with Gasteiger partial charge >= 0.3 is 0 Å². The van der Waals surface area contributed by atoms with E-state index in [-0.39, 0.29) is 5.69 Å². The highest BCUT2D eigenvalue weighted by Gasteiger charge is 2.31. The molecule has 9 heteroatoms. The summed E-state index contributed by atoms with van der Waals surface area (Å²) in [6, 6.07) is 6.96. The lowest BCUT2D eigenvalue weighted by Gasteiger charge is -2.14. The average Bonchev–Trinajstić information content (AvgIpc) is 3.45. The number of hydrogen-bond acceptors (Lipinski definition) is 5. The number of benzene rings is 1. The second-order valence-corrected chi connectivity index (χ2v) is 7.82. The topological polar surface area (TPSA) is 72.7 Å². The molecule has 2 heterocycles. The summed E-state index contributed by atoms with van der Waals surface area (Å²) in [6.45, 7) is 1.69. The van der Waals surface area contributed by atoms with Crippen LogP contribution in [0.2, 0.25) is 0 Å². The number of carbonyl (C=O) groups is 1. The van der Waals surface area contributed by atoms with Crippen LogP contribution in [0.4, 0.5) is 14.5 Å². The Morgan fingerprint density at radius 2 is 1.96 bits per heavy atom. The number of amides is 1. The molecule has 144 valence electrons. The Balaban J connectivity index is 1.53. The summed E-state index contributed by atoms with van der Waals surface area (Å²) in [6.07, 6.45) is 5.44. The van der Waals surface area contributed by atoms with Gasteiger partial charge in [-0.15, -0.1) is 10.2 Å². The maximum Gasteiger partial charge on any atom is 0.237 e. The summed E-state index contributed by atoms with van der Waals surface area (Å²) in [7, 11) is 0. The summed E-state index contributed by atoms with van der Waals surface area (Å²) < 4.78 is 29.1. The summed E-state index contributed by atoms with van der Waals surface area (Å²) in [5.74, 6) is -1.01. The highest BCUT2D eigenvalue weighted by Crippen LogP contribution is 2.41. The van der Waals surface area contributed by atoms with Crippen LogP contribution in [0.15, 0.2) is 47.9 Å². The number of thioether (sulfide) groups is 1. The molecule has 0 unspecified atom stereocenters. The van der Waals surface area contributed by atoms with E-state index >= 15 is 0 Å². The zero-order chi connectivity index (χ0) is 19.7. The van der Waals surface area contributed by atoms with Crippen LogP contribution in [0.3, 0.4) is 0 Å². The van der Waals surface area contributed by atoms with Crippen molar-refractivity contribution in [3.63, 3.8) is 0 Å². The first-order valence-corrected chi connectivity index (χ1v) is 9.69. The van der Waals surface area contributed by atoms with Crippen molar-refractivity contribution >= 4 is 23.4 Å². The summed E-state index contributed by atoms with van der Waals surface area (Å²) in [4.78, 5) is 16.5. The molecule has 3 aromatic rings. The summed E-state index contributed by atoms with van der Waals surface area (Å²) in [5.41, 5.74) is 0.721. The number of halogens is 2. The third kappa shape index (κ3) is 3.89. The zero-order valence-corrected chi connectivity index (χ0v) is 15.8. The molecule has 6 nitrogen and oxygen atoms in total. The molecule has 28 heavy (non-hydrogen) atoms. The van der Waals surface area contributed by atoms with Gasteiger partial charge in [-0.2, -0.15) is 0 Å². The normalized spacial score (nSPS) is 14.7. The van der Waals surface area contributed by atoms with Gasteiger partial charge in [-0.3, -0.25) is 14.3 Å². The third-order valence-electron chi connectivity index (χ3n) is 4.35. The molecule has 4 rings (SSSR count). The quantitative estimate of drug-likeness (QED) is 0.631. The van der Waals surface area contributed by atoms with Crippen molar-refractivity contribution in [2.45, 2.75) is 36.2 Å². The molecular formula is C19H17F2N5OS. The van der Waals surface area contributed by atoms with Gasteiger partial charge in [-0.25, -0.2) is 8.78 Å². The van der Waals surface area contributed by atoms with Crippen LogP contribution in [0, 0.1) is 11.6 Å². The Labute approximate surface area is 164 Å². The van der Waals surface area contributed by atoms with Crippen LogP contribution in [0.25, 0.3) is 11.4 Å². The lowest BCUT2D eigenvalue weighted by molar-refractivity contribution is -0.115. The van der Waals surface area contributed by atoms with Gasteiger partial charge in [0.1, 0.15) is 11.6 Å². The Hall–Kier alpha value is -2.81. The lowest BCUT2D eigenvalue weighted by Crippen LogP contribution is -2.23. The number of anilines is 1. The molecule has 0 bridgehead atoms. The molecule has 0 saturated heterocycles. The minimum atomic E-state index is -0.687. The van der Waals surface area contributed by atoms with E-state index in [0.717, 1.165) is 42.4 Å². The number of hydrogen-bond donors (Lipinski definition) is 1. The van der Waals surface area contributed by atoms with Crippen molar-refractivity contribution in [1.82, 2.24) is 19.7 Å². The summed E-state index contributed by atoms with van der Waals surface area (Å²) >= 11 is 1.24. The average molecular weight is 401 g/mol. The molecule has 1 amide bonds. The summed E-state index contributed by atoms with van der Waals surface area (Å²) in [5, 5.41) is 11.0. The first kappa shape index (κ1) is 18.5. The van der Waals surface area contributed by atoms with Gasteiger partial charge in [-0.05, 0) is 44.0 Å². The van der Waals surface area contributed by atoms with Gasteiger partial charge in [0.15, 0.2) is 11.0 Å². The maximum atomic E-state index is 13.8.